The maximum Gasteiger partial charge on any atom is 0.140 e. The molecule has 2 heterocycles. The summed E-state index contributed by atoms with van der Waals surface area (Å²) < 4.78 is 2.11. The van der Waals surface area contributed by atoms with Gasteiger partial charge in [0.05, 0.1) is 11.7 Å². The van der Waals surface area contributed by atoms with Crippen LogP contribution in [0.15, 0.2) is 36.5 Å². The molecular formula is C19H29N5. The number of aryl methyl sites for hydroxylation is 1. The van der Waals surface area contributed by atoms with Crippen molar-refractivity contribution >= 4 is 0 Å². The lowest BCUT2D eigenvalue weighted by atomic mass is 10.1. The van der Waals surface area contributed by atoms with Crippen molar-refractivity contribution in [3.63, 3.8) is 0 Å². The molecule has 3 rings (SSSR count). The molecule has 1 fully saturated rings. The van der Waals surface area contributed by atoms with Crippen LogP contribution in [-0.4, -0.2) is 58.1 Å². The molecule has 1 aliphatic heterocycles. The number of imidazole rings is 1. The Morgan fingerprint density at radius 3 is 2.25 bits per heavy atom. The Morgan fingerprint density at radius 1 is 1.04 bits per heavy atom. The van der Waals surface area contributed by atoms with Crippen molar-refractivity contribution < 1.29 is 0 Å². The second kappa shape index (κ2) is 7.47. The number of rotatable bonds is 5. The average Bonchev–Trinajstić information content (AvgIpc) is 2.98. The summed E-state index contributed by atoms with van der Waals surface area (Å²) in [6.07, 6.45) is 2.13. The van der Waals surface area contributed by atoms with Crippen molar-refractivity contribution in [1.82, 2.24) is 19.4 Å². The van der Waals surface area contributed by atoms with Gasteiger partial charge in [-0.1, -0.05) is 30.3 Å². The third-order valence-electron chi connectivity index (χ3n) is 5.01. The van der Waals surface area contributed by atoms with Gasteiger partial charge in [0.1, 0.15) is 5.82 Å². The highest BCUT2D eigenvalue weighted by Gasteiger charge is 2.27. The molecule has 0 amide bonds. The molecule has 2 N–H and O–H groups in total. The molecule has 0 bridgehead atoms. The normalized spacial score (nSPS) is 18.2. The van der Waals surface area contributed by atoms with Crippen molar-refractivity contribution in [2.75, 3.05) is 32.7 Å². The van der Waals surface area contributed by atoms with Crippen molar-refractivity contribution in [3.05, 3.63) is 42.2 Å². The summed E-state index contributed by atoms with van der Waals surface area (Å²) in [5.74, 6) is 1.00. The van der Waals surface area contributed by atoms with Crippen LogP contribution in [0.4, 0.5) is 0 Å². The largest absolute Gasteiger partial charge is 0.334 e. The van der Waals surface area contributed by atoms with E-state index in [1.165, 1.54) is 0 Å². The molecule has 5 heteroatoms. The summed E-state index contributed by atoms with van der Waals surface area (Å²) in [5, 5.41) is 0. The van der Waals surface area contributed by atoms with Crippen LogP contribution in [0.3, 0.4) is 0 Å². The third kappa shape index (κ3) is 3.53. The molecule has 0 aliphatic carbocycles. The summed E-state index contributed by atoms with van der Waals surface area (Å²) in [6.45, 7) is 9.45. The fourth-order valence-electron chi connectivity index (χ4n) is 3.53. The summed E-state index contributed by atoms with van der Waals surface area (Å²) in [4.78, 5) is 9.92. The minimum Gasteiger partial charge on any atom is -0.334 e. The Kier molecular flexibility index (Phi) is 5.33. The molecule has 130 valence electrons. The van der Waals surface area contributed by atoms with Gasteiger partial charge in [-0.3, -0.25) is 9.80 Å². The van der Waals surface area contributed by atoms with Crippen molar-refractivity contribution in [1.29, 1.82) is 0 Å². The van der Waals surface area contributed by atoms with E-state index in [1.54, 1.807) is 0 Å². The molecule has 1 saturated heterocycles. The number of nitrogens with two attached hydrogens (primary N) is 1. The van der Waals surface area contributed by atoms with Crippen molar-refractivity contribution in [3.8, 4) is 11.4 Å². The van der Waals surface area contributed by atoms with Crippen LogP contribution in [0.1, 0.15) is 25.6 Å². The number of piperazine rings is 1. The van der Waals surface area contributed by atoms with E-state index in [4.69, 9.17) is 10.7 Å². The maximum absolute atomic E-state index is 6.12. The molecule has 1 unspecified atom stereocenters. The van der Waals surface area contributed by atoms with Gasteiger partial charge in [-0.05, 0) is 13.8 Å². The summed E-state index contributed by atoms with van der Waals surface area (Å²) in [7, 11) is 2.06. The molecular weight excluding hydrogens is 298 g/mol. The monoisotopic (exact) mass is 327 g/mol. The molecule has 1 atom stereocenters. The minimum absolute atomic E-state index is 0.197. The topological polar surface area (TPSA) is 50.3 Å². The fourth-order valence-corrected chi connectivity index (χ4v) is 3.53. The SMILES string of the molecule is CC(C)N1CCN(C(CN)c2cn(C)c(-c3ccccc3)n2)CC1. The lowest BCUT2D eigenvalue weighted by molar-refractivity contribution is 0.0790. The van der Waals surface area contributed by atoms with Gasteiger partial charge in [-0.25, -0.2) is 4.98 Å². The lowest BCUT2D eigenvalue weighted by Gasteiger charge is -2.40. The van der Waals surface area contributed by atoms with E-state index in [0.29, 0.717) is 12.6 Å². The highest BCUT2D eigenvalue weighted by atomic mass is 15.3. The van der Waals surface area contributed by atoms with Crippen LogP contribution < -0.4 is 5.73 Å². The number of hydrogen-bond acceptors (Lipinski definition) is 4. The lowest BCUT2D eigenvalue weighted by Crippen LogP contribution is -2.51. The van der Waals surface area contributed by atoms with E-state index in [0.717, 1.165) is 43.3 Å². The van der Waals surface area contributed by atoms with Crippen LogP contribution in [0.5, 0.6) is 0 Å². The van der Waals surface area contributed by atoms with Crippen LogP contribution in [-0.2, 0) is 7.05 Å². The maximum atomic E-state index is 6.12. The van der Waals surface area contributed by atoms with E-state index in [9.17, 15) is 0 Å². The minimum atomic E-state index is 0.197. The first-order chi connectivity index (χ1) is 11.6. The number of aromatic nitrogens is 2. The smallest absolute Gasteiger partial charge is 0.140 e. The molecule has 5 nitrogen and oxygen atoms in total. The predicted octanol–water partition coefficient (Wildman–Crippen LogP) is 2.11. The van der Waals surface area contributed by atoms with Gasteiger partial charge in [-0.15, -0.1) is 0 Å². The van der Waals surface area contributed by atoms with Crippen LogP contribution in [0.2, 0.25) is 0 Å². The van der Waals surface area contributed by atoms with Crippen LogP contribution >= 0.6 is 0 Å². The number of hydrogen-bond donors (Lipinski definition) is 1. The molecule has 1 aromatic heterocycles. The van der Waals surface area contributed by atoms with Gasteiger partial charge in [0, 0.05) is 57.6 Å². The van der Waals surface area contributed by atoms with Gasteiger partial charge >= 0.3 is 0 Å². The zero-order chi connectivity index (χ0) is 17.1. The van der Waals surface area contributed by atoms with Crippen molar-refractivity contribution in [2.24, 2.45) is 12.8 Å². The number of nitrogens with zero attached hydrogens (tertiary/aromatic N) is 4. The second-order valence-electron chi connectivity index (χ2n) is 6.88. The van der Waals surface area contributed by atoms with E-state index >= 15 is 0 Å². The predicted molar refractivity (Wildman–Crippen MR) is 98.7 cm³/mol. The zero-order valence-corrected chi connectivity index (χ0v) is 15.0. The number of benzene rings is 1. The van der Waals surface area contributed by atoms with Gasteiger partial charge in [0.25, 0.3) is 0 Å². The van der Waals surface area contributed by atoms with Crippen molar-refractivity contribution in [2.45, 2.75) is 25.9 Å². The molecule has 0 saturated carbocycles. The molecule has 1 aliphatic rings. The van der Waals surface area contributed by atoms with Crippen LogP contribution in [0, 0.1) is 0 Å². The standard InChI is InChI=1S/C19H29N5/c1-15(2)23-9-11-24(12-10-23)18(13-20)17-14-22(3)19(21-17)16-7-5-4-6-8-16/h4-8,14-15,18H,9-13,20H2,1-3H3. The second-order valence-corrected chi connectivity index (χ2v) is 6.88. The Morgan fingerprint density at radius 2 is 1.67 bits per heavy atom. The Hall–Kier alpha value is -1.69. The first-order valence-electron chi connectivity index (χ1n) is 8.87. The average molecular weight is 327 g/mol. The van der Waals surface area contributed by atoms with Gasteiger partial charge in [0.2, 0.25) is 0 Å². The highest BCUT2D eigenvalue weighted by molar-refractivity contribution is 5.55. The van der Waals surface area contributed by atoms with E-state index in [1.807, 2.05) is 6.07 Å². The van der Waals surface area contributed by atoms with E-state index < -0.39 is 0 Å². The van der Waals surface area contributed by atoms with Gasteiger partial charge < -0.3 is 10.3 Å². The summed E-state index contributed by atoms with van der Waals surface area (Å²) >= 11 is 0. The molecule has 0 spiro atoms. The Labute approximate surface area is 145 Å². The zero-order valence-electron chi connectivity index (χ0n) is 15.0. The molecule has 2 aromatic rings. The van der Waals surface area contributed by atoms with E-state index in [2.05, 4.69) is 65.7 Å². The first kappa shape index (κ1) is 17.1. The Bertz CT molecular complexity index is 641. The summed E-state index contributed by atoms with van der Waals surface area (Å²) in [5.41, 5.74) is 8.35. The quantitative estimate of drug-likeness (QED) is 0.914. The van der Waals surface area contributed by atoms with E-state index in [-0.39, 0.29) is 6.04 Å². The summed E-state index contributed by atoms with van der Waals surface area (Å²) in [6, 6.07) is 11.1. The highest BCUT2D eigenvalue weighted by Crippen LogP contribution is 2.25. The molecule has 0 radical (unpaired) electrons. The first-order valence-corrected chi connectivity index (χ1v) is 8.87. The molecule has 24 heavy (non-hydrogen) atoms. The van der Waals surface area contributed by atoms with Gasteiger partial charge in [-0.2, -0.15) is 0 Å². The fraction of sp³-hybridized carbons (Fsp3) is 0.526. The Balaban J connectivity index is 1.77. The van der Waals surface area contributed by atoms with Gasteiger partial charge in [0.15, 0.2) is 0 Å². The van der Waals surface area contributed by atoms with Crippen LogP contribution in [0.25, 0.3) is 11.4 Å². The molecule has 1 aromatic carbocycles. The third-order valence-corrected chi connectivity index (χ3v) is 5.01.